The number of rotatable bonds is 6. The number of pyridine rings is 1. The summed E-state index contributed by atoms with van der Waals surface area (Å²) < 4.78 is 12.6. The van der Waals surface area contributed by atoms with Gasteiger partial charge < -0.3 is 14.5 Å². The maximum absolute atomic E-state index is 12.3. The van der Waals surface area contributed by atoms with Crippen molar-refractivity contribution in [2.24, 2.45) is 0 Å². The lowest BCUT2D eigenvalue weighted by atomic mass is 10.2. The van der Waals surface area contributed by atoms with Crippen molar-refractivity contribution < 1.29 is 13.9 Å². The minimum Gasteiger partial charge on any atom is -0.464 e. The highest BCUT2D eigenvalue weighted by molar-refractivity contribution is 5.88. The first-order valence-corrected chi connectivity index (χ1v) is 7.66. The lowest BCUT2D eigenvalue weighted by molar-refractivity contribution is 0.158. The van der Waals surface area contributed by atoms with E-state index in [2.05, 4.69) is 20.8 Å². The highest BCUT2D eigenvalue weighted by Crippen LogP contribution is 2.18. The highest BCUT2D eigenvalue weighted by Gasteiger charge is 2.19. The van der Waals surface area contributed by atoms with Crippen molar-refractivity contribution in [3.8, 4) is 0 Å². The average Bonchev–Trinajstić information content (AvgIpc) is 3.22. The maximum atomic E-state index is 12.3. The zero-order valence-electron chi connectivity index (χ0n) is 13.5. The first-order valence-electron chi connectivity index (χ1n) is 7.66. The molecular weight excluding hydrogens is 310 g/mol. The number of nitrogens with zero attached hydrogens (tertiary/aromatic N) is 3. The molecule has 3 aromatic rings. The predicted octanol–water partition coefficient (Wildman–Crippen LogP) is 2.39. The number of hydrogen-bond donors (Lipinski definition) is 2. The van der Waals surface area contributed by atoms with E-state index in [1.165, 1.54) is 0 Å². The third-order valence-corrected chi connectivity index (χ3v) is 3.55. The number of aryl methyl sites for hydroxylation is 1. The van der Waals surface area contributed by atoms with Crippen LogP contribution >= 0.6 is 0 Å². The van der Waals surface area contributed by atoms with Crippen molar-refractivity contribution in [1.82, 2.24) is 19.9 Å². The Morgan fingerprint density at radius 2 is 2.21 bits per heavy atom. The quantitative estimate of drug-likeness (QED) is 0.724. The van der Waals surface area contributed by atoms with Crippen LogP contribution in [0.1, 0.15) is 24.5 Å². The second-order valence-electron chi connectivity index (χ2n) is 5.22. The van der Waals surface area contributed by atoms with Crippen LogP contribution in [-0.4, -0.2) is 34.3 Å². The molecule has 0 aliphatic carbocycles. The normalized spacial score (nSPS) is 12.2. The number of fused-ring (bicyclic) bond motifs is 1. The van der Waals surface area contributed by atoms with E-state index < -0.39 is 12.1 Å². The topological polar surface area (TPSA) is 93.7 Å². The van der Waals surface area contributed by atoms with Crippen LogP contribution in [0.2, 0.25) is 0 Å². The Morgan fingerprint density at radius 1 is 1.33 bits per heavy atom. The number of carbonyl (C=O) groups excluding carboxylic acids is 1. The summed E-state index contributed by atoms with van der Waals surface area (Å²) in [5.74, 6) is 1.85. The zero-order chi connectivity index (χ0) is 16.9. The van der Waals surface area contributed by atoms with E-state index in [1.54, 1.807) is 23.8 Å². The number of methoxy groups -OCH3 is 1. The number of ether oxygens (including phenoxy) is 1. The zero-order valence-corrected chi connectivity index (χ0v) is 13.5. The molecule has 1 atom stereocenters. The van der Waals surface area contributed by atoms with E-state index in [9.17, 15) is 4.79 Å². The monoisotopic (exact) mass is 329 g/mol. The Morgan fingerprint density at radius 3 is 2.96 bits per heavy atom. The van der Waals surface area contributed by atoms with Crippen molar-refractivity contribution in [3.63, 3.8) is 0 Å². The fraction of sp³-hybridized carbons (Fsp3) is 0.312. The molecule has 2 amide bonds. The molecule has 0 bridgehead atoms. The smallest absolute Gasteiger partial charge is 0.322 e. The lowest BCUT2D eigenvalue weighted by Crippen LogP contribution is -2.35. The molecule has 3 heterocycles. The van der Waals surface area contributed by atoms with Gasteiger partial charge in [-0.2, -0.15) is 0 Å². The molecule has 8 nitrogen and oxygen atoms in total. The SMILES string of the molecule is CCc1ccc([C@H](COC)NC(=O)Nc2nnc3ccccn23)o1. The molecule has 24 heavy (non-hydrogen) atoms. The van der Waals surface area contributed by atoms with Crippen molar-refractivity contribution in [2.45, 2.75) is 19.4 Å². The Kier molecular flexibility index (Phi) is 4.76. The second kappa shape index (κ2) is 7.14. The summed E-state index contributed by atoms with van der Waals surface area (Å²) in [7, 11) is 1.57. The first-order chi connectivity index (χ1) is 11.7. The minimum atomic E-state index is -0.412. The molecule has 0 unspecified atom stereocenters. The molecule has 0 aliphatic rings. The molecule has 2 N–H and O–H groups in total. The number of hydrogen-bond acceptors (Lipinski definition) is 5. The van der Waals surface area contributed by atoms with Gasteiger partial charge in [-0.25, -0.2) is 4.79 Å². The molecule has 0 radical (unpaired) electrons. The Hall–Kier alpha value is -2.87. The fourth-order valence-corrected chi connectivity index (χ4v) is 2.36. The van der Waals surface area contributed by atoms with Gasteiger partial charge in [-0.05, 0) is 24.3 Å². The van der Waals surface area contributed by atoms with E-state index in [0.29, 0.717) is 24.0 Å². The molecule has 0 saturated heterocycles. The molecule has 0 spiro atoms. The maximum Gasteiger partial charge on any atom is 0.322 e. The van der Waals surface area contributed by atoms with Crippen LogP contribution < -0.4 is 10.6 Å². The molecule has 0 aliphatic heterocycles. The van der Waals surface area contributed by atoms with Crippen molar-refractivity contribution in [1.29, 1.82) is 0 Å². The molecule has 3 rings (SSSR count). The lowest BCUT2D eigenvalue weighted by Gasteiger charge is -2.16. The molecule has 0 fully saturated rings. The van der Waals surface area contributed by atoms with Crippen LogP contribution in [0, 0.1) is 0 Å². The summed E-state index contributed by atoms with van der Waals surface area (Å²) in [6.45, 7) is 2.30. The summed E-state index contributed by atoms with van der Waals surface area (Å²) in [6.07, 6.45) is 2.56. The Balaban J connectivity index is 1.71. The number of urea groups is 1. The number of nitrogens with one attached hydrogen (secondary N) is 2. The summed E-state index contributed by atoms with van der Waals surface area (Å²) in [5, 5.41) is 13.5. The summed E-state index contributed by atoms with van der Waals surface area (Å²) >= 11 is 0. The minimum absolute atomic E-state index is 0.296. The molecule has 126 valence electrons. The van der Waals surface area contributed by atoms with E-state index in [4.69, 9.17) is 9.15 Å². The van der Waals surface area contributed by atoms with Gasteiger partial charge in [0.25, 0.3) is 0 Å². The summed E-state index contributed by atoms with van der Waals surface area (Å²) in [5.41, 5.74) is 0.653. The third kappa shape index (κ3) is 3.38. The molecular formula is C16H19N5O3. The third-order valence-electron chi connectivity index (χ3n) is 3.55. The van der Waals surface area contributed by atoms with Crippen LogP contribution in [0.3, 0.4) is 0 Å². The summed E-state index contributed by atoms with van der Waals surface area (Å²) in [6, 6.07) is 8.42. The van der Waals surface area contributed by atoms with Crippen molar-refractivity contribution in [2.75, 3.05) is 19.0 Å². The molecule has 0 saturated carbocycles. The van der Waals surface area contributed by atoms with Gasteiger partial charge in [0.15, 0.2) is 5.65 Å². The van der Waals surface area contributed by atoms with E-state index in [1.807, 2.05) is 31.2 Å². The highest BCUT2D eigenvalue weighted by atomic mass is 16.5. The van der Waals surface area contributed by atoms with Gasteiger partial charge in [-0.3, -0.25) is 9.72 Å². The van der Waals surface area contributed by atoms with Crippen LogP contribution in [0.25, 0.3) is 5.65 Å². The van der Waals surface area contributed by atoms with Gasteiger partial charge in [-0.15, -0.1) is 10.2 Å². The van der Waals surface area contributed by atoms with E-state index in [-0.39, 0.29) is 0 Å². The van der Waals surface area contributed by atoms with Crippen molar-refractivity contribution >= 4 is 17.6 Å². The molecule has 3 aromatic heterocycles. The standard InChI is InChI=1S/C16H19N5O3/c1-3-11-7-8-13(24-11)12(10-23-2)17-16(22)18-15-20-19-14-6-4-5-9-21(14)15/h4-9,12H,3,10H2,1-2H3,(H2,17,18,20,22)/t12-/m0/s1. The number of carbonyl (C=O) groups is 1. The molecule has 8 heteroatoms. The van der Waals surface area contributed by atoms with Crippen molar-refractivity contribution in [3.05, 3.63) is 48.0 Å². The fourth-order valence-electron chi connectivity index (χ4n) is 2.36. The van der Waals surface area contributed by atoms with Crippen LogP contribution in [0.5, 0.6) is 0 Å². The van der Waals surface area contributed by atoms with E-state index >= 15 is 0 Å². The van der Waals surface area contributed by atoms with Gasteiger partial charge in [0, 0.05) is 19.7 Å². The van der Waals surface area contributed by atoms with Gasteiger partial charge in [0.05, 0.1) is 6.61 Å². The van der Waals surface area contributed by atoms with Gasteiger partial charge in [0.2, 0.25) is 5.95 Å². The molecule has 0 aromatic carbocycles. The first kappa shape index (κ1) is 16.0. The van der Waals surface area contributed by atoms with Crippen LogP contribution in [-0.2, 0) is 11.2 Å². The van der Waals surface area contributed by atoms with Gasteiger partial charge >= 0.3 is 6.03 Å². The summed E-state index contributed by atoms with van der Waals surface area (Å²) in [4.78, 5) is 12.3. The van der Waals surface area contributed by atoms with E-state index in [0.717, 1.165) is 12.2 Å². The van der Waals surface area contributed by atoms with Crippen LogP contribution in [0.4, 0.5) is 10.7 Å². The Bertz CT molecular complexity index is 826. The predicted molar refractivity (Wildman–Crippen MR) is 87.8 cm³/mol. The Labute approximate surface area is 138 Å². The average molecular weight is 329 g/mol. The number of amides is 2. The number of furan rings is 1. The largest absolute Gasteiger partial charge is 0.464 e. The van der Waals surface area contributed by atoms with Gasteiger partial charge in [0.1, 0.15) is 17.6 Å². The van der Waals surface area contributed by atoms with Crippen LogP contribution in [0.15, 0.2) is 40.9 Å². The number of aromatic nitrogens is 3. The van der Waals surface area contributed by atoms with Gasteiger partial charge in [-0.1, -0.05) is 13.0 Å². The number of anilines is 1. The second-order valence-corrected chi connectivity index (χ2v) is 5.22.